The molecule has 30 heavy (non-hydrogen) atoms. The third kappa shape index (κ3) is 4.99. The molecule has 0 unspecified atom stereocenters. The first-order valence-electron chi connectivity index (χ1n) is 9.36. The summed E-state index contributed by atoms with van der Waals surface area (Å²) in [7, 11) is 0. The van der Waals surface area contributed by atoms with Crippen molar-refractivity contribution in [2.75, 3.05) is 17.2 Å². The Morgan fingerprint density at radius 3 is 2.40 bits per heavy atom. The van der Waals surface area contributed by atoms with E-state index in [4.69, 9.17) is 4.74 Å². The van der Waals surface area contributed by atoms with Crippen molar-refractivity contribution in [3.05, 3.63) is 84.7 Å². The number of carbonyl (C=O) groups excluding carboxylic acids is 1. The molecule has 4 rings (SSSR count). The van der Waals surface area contributed by atoms with Gasteiger partial charge in [0, 0.05) is 23.8 Å². The third-order valence-electron chi connectivity index (χ3n) is 4.22. The van der Waals surface area contributed by atoms with Crippen LogP contribution in [0, 0.1) is 6.92 Å². The Morgan fingerprint density at radius 2 is 1.73 bits per heavy atom. The maximum atomic E-state index is 12.1. The molecule has 0 aliphatic rings. The normalized spacial score (nSPS) is 10.4. The fraction of sp³-hybridized carbons (Fsp3) is 0.0909. The number of anilines is 3. The average molecular weight is 400 g/mol. The van der Waals surface area contributed by atoms with Crippen LogP contribution in [0.15, 0.2) is 79.1 Å². The topological polar surface area (TPSA) is 94.0 Å². The van der Waals surface area contributed by atoms with Gasteiger partial charge in [-0.3, -0.25) is 4.79 Å². The van der Waals surface area contributed by atoms with E-state index in [1.807, 2.05) is 61.5 Å². The van der Waals surface area contributed by atoms with Crippen molar-refractivity contribution in [2.45, 2.75) is 6.92 Å². The first-order valence-corrected chi connectivity index (χ1v) is 9.36. The minimum absolute atomic E-state index is 0.0543. The second-order valence-corrected chi connectivity index (χ2v) is 6.58. The Kier molecular flexibility index (Phi) is 5.66. The quantitative estimate of drug-likeness (QED) is 0.491. The van der Waals surface area contributed by atoms with E-state index in [1.54, 1.807) is 29.2 Å². The summed E-state index contributed by atoms with van der Waals surface area (Å²) in [6, 6.07) is 20.3. The molecule has 2 heterocycles. The Balaban J connectivity index is 1.29. The highest BCUT2D eigenvalue weighted by Crippen LogP contribution is 2.18. The number of amides is 1. The fourth-order valence-electron chi connectivity index (χ4n) is 2.68. The molecule has 1 amide bonds. The van der Waals surface area contributed by atoms with E-state index in [2.05, 4.69) is 25.9 Å². The van der Waals surface area contributed by atoms with Crippen molar-refractivity contribution in [3.63, 3.8) is 0 Å². The lowest BCUT2D eigenvalue weighted by atomic mass is 10.2. The zero-order chi connectivity index (χ0) is 20.8. The molecule has 2 N–H and O–H groups in total. The van der Waals surface area contributed by atoms with E-state index in [0.717, 1.165) is 11.3 Å². The molecular weight excluding hydrogens is 380 g/mol. The molecule has 0 spiro atoms. The summed E-state index contributed by atoms with van der Waals surface area (Å²) in [5.74, 6) is 1.68. The smallest absolute Gasteiger partial charge is 0.262 e. The van der Waals surface area contributed by atoms with Gasteiger partial charge < -0.3 is 15.4 Å². The van der Waals surface area contributed by atoms with Gasteiger partial charge >= 0.3 is 0 Å². The van der Waals surface area contributed by atoms with Gasteiger partial charge in [-0.1, -0.05) is 17.7 Å². The molecule has 0 bridgehead atoms. The van der Waals surface area contributed by atoms with Crippen LogP contribution in [0.5, 0.6) is 5.75 Å². The highest BCUT2D eigenvalue weighted by Gasteiger charge is 2.05. The number of nitrogens with zero attached hydrogens (tertiary/aromatic N) is 4. The summed E-state index contributed by atoms with van der Waals surface area (Å²) in [5.41, 5.74) is 2.64. The molecule has 0 fully saturated rings. The van der Waals surface area contributed by atoms with E-state index < -0.39 is 0 Å². The van der Waals surface area contributed by atoms with E-state index in [-0.39, 0.29) is 12.5 Å². The number of rotatable bonds is 7. The standard InChI is InChI=1S/C22H20N6O2/c1-16-3-9-19(10-4-16)30-15-22(29)25-18-7-5-17(6-8-18)24-20-11-12-21(27-26-20)28-14-2-13-23-28/h2-14H,15H2,1H3,(H,24,26)(H,25,29). The highest BCUT2D eigenvalue weighted by molar-refractivity contribution is 5.92. The molecule has 0 saturated carbocycles. The largest absolute Gasteiger partial charge is 0.484 e. The molecule has 0 aliphatic heterocycles. The van der Waals surface area contributed by atoms with Crippen LogP contribution in [0.2, 0.25) is 0 Å². The summed E-state index contributed by atoms with van der Waals surface area (Å²) >= 11 is 0. The van der Waals surface area contributed by atoms with Crippen molar-refractivity contribution >= 4 is 23.1 Å². The van der Waals surface area contributed by atoms with Crippen LogP contribution in [0.25, 0.3) is 5.82 Å². The Morgan fingerprint density at radius 1 is 0.967 bits per heavy atom. The summed E-state index contributed by atoms with van der Waals surface area (Å²) in [5, 5.41) is 18.4. The molecule has 0 saturated heterocycles. The summed E-state index contributed by atoms with van der Waals surface area (Å²) in [4.78, 5) is 12.1. The molecule has 8 heteroatoms. The van der Waals surface area contributed by atoms with Gasteiger partial charge in [-0.05, 0) is 61.5 Å². The molecule has 4 aromatic rings. The minimum Gasteiger partial charge on any atom is -0.484 e. The van der Waals surface area contributed by atoms with E-state index >= 15 is 0 Å². The van der Waals surface area contributed by atoms with Crippen LogP contribution < -0.4 is 15.4 Å². The lowest BCUT2D eigenvalue weighted by molar-refractivity contribution is -0.118. The van der Waals surface area contributed by atoms with E-state index in [9.17, 15) is 4.79 Å². The summed E-state index contributed by atoms with van der Waals surface area (Å²) < 4.78 is 7.12. The summed E-state index contributed by atoms with van der Waals surface area (Å²) in [6.45, 7) is 1.94. The first-order chi connectivity index (χ1) is 14.7. The average Bonchev–Trinajstić information content (AvgIpc) is 3.30. The second kappa shape index (κ2) is 8.87. The number of hydrogen-bond acceptors (Lipinski definition) is 6. The van der Waals surface area contributed by atoms with Crippen LogP contribution in [0.1, 0.15) is 5.56 Å². The molecule has 2 aromatic heterocycles. The number of ether oxygens (including phenoxy) is 1. The zero-order valence-corrected chi connectivity index (χ0v) is 16.3. The van der Waals surface area contributed by atoms with Crippen molar-refractivity contribution < 1.29 is 9.53 Å². The van der Waals surface area contributed by atoms with Crippen LogP contribution in [-0.4, -0.2) is 32.5 Å². The van der Waals surface area contributed by atoms with Gasteiger partial charge in [0.2, 0.25) is 0 Å². The molecular formula is C22H20N6O2. The Bertz CT molecular complexity index is 1090. The number of carbonyl (C=O) groups is 1. The Labute approximate surface area is 173 Å². The van der Waals surface area contributed by atoms with Crippen LogP contribution in [-0.2, 0) is 4.79 Å². The van der Waals surface area contributed by atoms with Gasteiger partial charge in [-0.15, -0.1) is 10.2 Å². The van der Waals surface area contributed by atoms with Crippen molar-refractivity contribution in [1.82, 2.24) is 20.0 Å². The van der Waals surface area contributed by atoms with Crippen LogP contribution in [0.3, 0.4) is 0 Å². The number of hydrogen-bond donors (Lipinski definition) is 2. The van der Waals surface area contributed by atoms with Crippen LogP contribution in [0.4, 0.5) is 17.2 Å². The minimum atomic E-state index is -0.226. The first kappa shape index (κ1) is 19.1. The lowest BCUT2D eigenvalue weighted by Crippen LogP contribution is -2.20. The zero-order valence-electron chi connectivity index (χ0n) is 16.3. The number of aromatic nitrogens is 4. The molecule has 0 aliphatic carbocycles. The number of nitrogens with one attached hydrogen (secondary N) is 2. The molecule has 2 aromatic carbocycles. The van der Waals surface area contributed by atoms with Gasteiger partial charge in [0.25, 0.3) is 5.91 Å². The van der Waals surface area contributed by atoms with Gasteiger partial charge in [0.05, 0.1) is 0 Å². The van der Waals surface area contributed by atoms with Gasteiger partial charge in [0.1, 0.15) is 5.75 Å². The summed E-state index contributed by atoms with van der Waals surface area (Å²) in [6.07, 6.45) is 3.48. The SMILES string of the molecule is Cc1ccc(OCC(=O)Nc2ccc(Nc3ccc(-n4cccn4)nn3)cc2)cc1. The molecule has 0 atom stereocenters. The second-order valence-electron chi connectivity index (χ2n) is 6.58. The van der Waals surface area contributed by atoms with Gasteiger partial charge in [-0.2, -0.15) is 5.10 Å². The van der Waals surface area contributed by atoms with Crippen molar-refractivity contribution in [2.24, 2.45) is 0 Å². The van der Waals surface area contributed by atoms with Crippen molar-refractivity contribution in [3.8, 4) is 11.6 Å². The number of aryl methyl sites for hydroxylation is 1. The lowest BCUT2D eigenvalue weighted by Gasteiger charge is -2.09. The fourth-order valence-corrected chi connectivity index (χ4v) is 2.68. The molecule has 150 valence electrons. The van der Waals surface area contributed by atoms with Crippen molar-refractivity contribution in [1.29, 1.82) is 0 Å². The molecule has 8 nitrogen and oxygen atoms in total. The van der Waals surface area contributed by atoms with E-state index in [1.165, 1.54) is 0 Å². The molecule has 0 radical (unpaired) electrons. The Hall–Kier alpha value is -4.20. The van der Waals surface area contributed by atoms with Gasteiger partial charge in [-0.25, -0.2) is 4.68 Å². The maximum absolute atomic E-state index is 12.1. The maximum Gasteiger partial charge on any atom is 0.262 e. The monoisotopic (exact) mass is 400 g/mol. The predicted octanol–water partition coefficient (Wildman–Crippen LogP) is 3.73. The third-order valence-corrected chi connectivity index (χ3v) is 4.22. The predicted molar refractivity (Wildman–Crippen MR) is 114 cm³/mol. The van der Waals surface area contributed by atoms with Gasteiger partial charge in [0.15, 0.2) is 18.2 Å². The van der Waals surface area contributed by atoms with Crippen LogP contribution >= 0.6 is 0 Å². The van der Waals surface area contributed by atoms with E-state index in [0.29, 0.717) is 23.1 Å². The highest BCUT2D eigenvalue weighted by atomic mass is 16.5. The number of benzene rings is 2.